The van der Waals surface area contributed by atoms with Crippen molar-refractivity contribution in [2.75, 3.05) is 6.54 Å². The van der Waals surface area contributed by atoms with Gasteiger partial charge in [0.05, 0.1) is 5.56 Å². The molecule has 1 saturated carbocycles. The van der Waals surface area contributed by atoms with E-state index in [1.165, 1.54) is 6.07 Å². The molecule has 1 aliphatic carbocycles. The van der Waals surface area contributed by atoms with E-state index in [2.05, 4.69) is 5.32 Å². The molecule has 2 unspecified atom stereocenters. The lowest BCUT2D eigenvalue weighted by Crippen LogP contribution is -2.37. The van der Waals surface area contributed by atoms with Gasteiger partial charge in [-0.05, 0) is 43.0 Å². The lowest BCUT2D eigenvalue weighted by Gasteiger charge is -2.32. The third-order valence-corrected chi connectivity index (χ3v) is 3.96. The highest BCUT2D eigenvalue weighted by Crippen LogP contribution is 2.36. The molecule has 0 bridgehead atoms. The van der Waals surface area contributed by atoms with Crippen LogP contribution in [-0.4, -0.2) is 12.6 Å². The maximum Gasteiger partial charge on any atom is 0.419 e. The summed E-state index contributed by atoms with van der Waals surface area (Å²) < 4.78 is 51.4. The Balaban J connectivity index is 2.25. The van der Waals surface area contributed by atoms with Gasteiger partial charge in [-0.2, -0.15) is 13.2 Å². The van der Waals surface area contributed by atoms with Gasteiger partial charge in [0.2, 0.25) is 0 Å². The number of nitrogens with one attached hydrogen (secondary N) is 1. The molecule has 2 rings (SSSR count). The largest absolute Gasteiger partial charge is 0.419 e. The average molecular weight is 289 g/mol. The van der Waals surface area contributed by atoms with E-state index in [-0.39, 0.29) is 12.0 Å². The summed E-state index contributed by atoms with van der Waals surface area (Å²) in [6, 6.07) is 3.57. The second-order valence-corrected chi connectivity index (χ2v) is 5.29. The third kappa shape index (κ3) is 3.32. The fraction of sp³-hybridized carbons (Fsp3) is 0.600. The van der Waals surface area contributed by atoms with Gasteiger partial charge in [-0.15, -0.1) is 0 Å². The Hall–Kier alpha value is -1.10. The van der Waals surface area contributed by atoms with Crippen molar-refractivity contribution in [3.05, 3.63) is 35.1 Å². The lowest BCUT2D eigenvalue weighted by atomic mass is 9.79. The van der Waals surface area contributed by atoms with E-state index in [0.29, 0.717) is 5.56 Å². The topological polar surface area (TPSA) is 12.0 Å². The van der Waals surface area contributed by atoms with Gasteiger partial charge in [-0.3, -0.25) is 0 Å². The summed E-state index contributed by atoms with van der Waals surface area (Å²) in [5, 5.41) is 3.35. The maximum atomic E-state index is 13.7. The number of halogens is 4. The van der Waals surface area contributed by atoms with Crippen LogP contribution in [-0.2, 0) is 6.18 Å². The van der Waals surface area contributed by atoms with Gasteiger partial charge < -0.3 is 5.32 Å². The van der Waals surface area contributed by atoms with Gasteiger partial charge in [0.1, 0.15) is 5.82 Å². The van der Waals surface area contributed by atoms with Gasteiger partial charge in [0, 0.05) is 6.04 Å². The number of alkyl halides is 3. The molecule has 0 saturated heterocycles. The van der Waals surface area contributed by atoms with Crippen molar-refractivity contribution in [2.24, 2.45) is 0 Å². The first-order chi connectivity index (χ1) is 9.43. The molecule has 0 radical (unpaired) electrons. The van der Waals surface area contributed by atoms with E-state index in [9.17, 15) is 17.6 Å². The van der Waals surface area contributed by atoms with Crippen molar-refractivity contribution >= 4 is 0 Å². The zero-order valence-electron chi connectivity index (χ0n) is 11.4. The quantitative estimate of drug-likeness (QED) is 0.809. The summed E-state index contributed by atoms with van der Waals surface area (Å²) in [6.45, 7) is 2.81. The van der Waals surface area contributed by atoms with E-state index >= 15 is 0 Å². The molecule has 1 aliphatic rings. The molecule has 2 atom stereocenters. The molecule has 20 heavy (non-hydrogen) atoms. The van der Waals surface area contributed by atoms with Gasteiger partial charge in [-0.25, -0.2) is 4.39 Å². The molecule has 1 aromatic carbocycles. The number of hydrogen-bond acceptors (Lipinski definition) is 1. The molecule has 0 amide bonds. The molecule has 1 nitrogen and oxygen atoms in total. The highest BCUT2D eigenvalue weighted by atomic mass is 19.4. The SMILES string of the molecule is CCNC1CCCCC1c1ccc(C(F)(F)F)c(F)c1. The zero-order valence-corrected chi connectivity index (χ0v) is 11.4. The summed E-state index contributed by atoms with van der Waals surface area (Å²) in [5.41, 5.74) is -0.516. The van der Waals surface area contributed by atoms with Crippen molar-refractivity contribution in [1.82, 2.24) is 5.32 Å². The van der Waals surface area contributed by atoms with Crippen molar-refractivity contribution in [3.8, 4) is 0 Å². The molecule has 0 spiro atoms. The summed E-state index contributed by atoms with van der Waals surface area (Å²) in [5.74, 6) is -1.07. The first kappa shape index (κ1) is 15.3. The monoisotopic (exact) mass is 289 g/mol. The van der Waals surface area contributed by atoms with Gasteiger partial charge in [-0.1, -0.05) is 25.8 Å². The molecule has 112 valence electrons. The Kier molecular flexibility index (Phi) is 4.68. The number of hydrogen-bond donors (Lipinski definition) is 1. The predicted octanol–water partition coefficient (Wildman–Crippen LogP) is 4.48. The van der Waals surface area contributed by atoms with Gasteiger partial charge in [0.15, 0.2) is 0 Å². The number of likely N-dealkylation sites (N-methyl/N-ethyl adjacent to an activating group) is 1. The minimum Gasteiger partial charge on any atom is -0.314 e. The second-order valence-electron chi connectivity index (χ2n) is 5.29. The third-order valence-electron chi connectivity index (χ3n) is 3.96. The Morgan fingerprint density at radius 3 is 2.50 bits per heavy atom. The molecule has 1 fully saturated rings. The number of benzene rings is 1. The smallest absolute Gasteiger partial charge is 0.314 e. The van der Waals surface area contributed by atoms with E-state index in [4.69, 9.17) is 0 Å². The van der Waals surface area contributed by atoms with Crippen LogP contribution in [0.1, 0.15) is 49.7 Å². The highest BCUT2D eigenvalue weighted by molar-refractivity contribution is 5.30. The Bertz CT molecular complexity index is 454. The fourth-order valence-corrected chi connectivity index (χ4v) is 3.03. The predicted molar refractivity (Wildman–Crippen MR) is 70.1 cm³/mol. The molecular formula is C15H19F4N. The fourth-order valence-electron chi connectivity index (χ4n) is 3.03. The van der Waals surface area contributed by atoms with Crippen LogP contribution in [0.15, 0.2) is 18.2 Å². The average Bonchev–Trinajstić information content (AvgIpc) is 2.38. The van der Waals surface area contributed by atoms with E-state index in [1.807, 2.05) is 6.92 Å². The molecule has 1 aromatic rings. The van der Waals surface area contributed by atoms with Crippen LogP contribution >= 0.6 is 0 Å². The summed E-state index contributed by atoms with van der Waals surface area (Å²) >= 11 is 0. The molecule has 5 heteroatoms. The minimum absolute atomic E-state index is 0.0977. The molecular weight excluding hydrogens is 270 g/mol. The van der Waals surface area contributed by atoms with Crippen LogP contribution < -0.4 is 5.32 Å². The normalized spacial score (nSPS) is 23.9. The van der Waals surface area contributed by atoms with Gasteiger partial charge >= 0.3 is 6.18 Å². The molecule has 1 N–H and O–H groups in total. The first-order valence-electron chi connectivity index (χ1n) is 7.03. The lowest BCUT2D eigenvalue weighted by molar-refractivity contribution is -0.140. The van der Waals surface area contributed by atoms with Gasteiger partial charge in [0.25, 0.3) is 0 Å². The van der Waals surface area contributed by atoms with Crippen LogP contribution in [0, 0.1) is 5.82 Å². The number of rotatable bonds is 3. The maximum absolute atomic E-state index is 13.7. The van der Waals surface area contributed by atoms with Crippen molar-refractivity contribution < 1.29 is 17.6 Å². The molecule has 0 heterocycles. The first-order valence-corrected chi connectivity index (χ1v) is 7.03. The minimum atomic E-state index is -4.63. The Morgan fingerprint density at radius 2 is 1.90 bits per heavy atom. The standard InChI is InChI=1S/C15H19F4N/c1-2-20-14-6-4-3-5-11(14)10-7-8-12(13(16)9-10)15(17,18)19/h7-9,11,14,20H,2-6H2,1H3. The van der Waals surface area contributed by atoms with Crippen LogP contribution in [0.2, 0.25) is 0 Å². The van der Waals surface area contributed by atoms with Crippen molar-refractivity contribution in [3.63, 3.8) is 0 Å². The van der Waals surface area contributed by atoms with E-state index in [0.717, 1.165) is 44.4 Å². The van der Waals surface area contributed by atoms with Crippen molar-refractivity contribution in [1.29, 1.82) is 0 Å². The summed E-state index contributed by atoms with van der Waals surface area (Å²) in [4.78, 5) is 0. The molecule has 0 aliphatic heterocycles. The van der Waals surface area contributed by atoms with Crippen molar-refractivity contribution in [2.45, 2.75) is 50.7 Å². The highest BCUT2D eigenvalue weighted by Gasteiger charge is 2.35. The van der Waals surface area contributed by atoms with Crippen LogP contribution in [0.5, 0.6) is 0 Å². The van der Waals surface area contributed by atoms with E-state index in [1.54, 1.807) is 0 Å². The Morgan fingerprint density at radius 1 is 1.20 bits per heavy atom. The van der Waals surface area contributed by atoms with Crippen LogP contribution in [0.4, 0.5) is 17.6 Å². The summed E-state index contributed by atoms with van der Waals surface area (Å²) in [6.07, 6.45) is -0.605. The Labute approximate surface area is 116 Å². The van der Waals surface area contributed by atoms with Crippen LogP contribution in [0.3, 0.4) is 0 Å². The van der Waals surface area contributed by atoms with E-state index < -0.39 is 17.6 Å². The van der Waals surface area contributed by atoms with Crippen LogP contribution in [0.25, 0.3) is 0 Å². The zero-order chi connectivity index (χ0) is 14.8. The molecule has 0 aromatic heterocycles. The second kappa shape index (κ2) is 6.12. The summed E-state index contributed by atoms with van der Waals surface area (Å²) in [7, 11) is 0.